The molecule has 3 rings (SSSR count). The number of amides is 2. The molecule has 0 spiro atoms. The predicted molar refractivity (Wildman–Crippen MR) is 90.8 cm³/mol. The molecule has 1 aliphatic heterocycles. The highest BCUT2D eigenvalue weighted by molar-refractivity contribution is 5.74. The Morgan fingerprint density at radius 2 is 2.00 bits per heavy atom. The number of urea groups is 1. The van der Waals surface area contributed by atoms with E-state index in [2.05, 4.69) is 27.4 Å². The van der Waals surface area contributed by atoms with Crippen molar-refractivity contribution in [3.8, 4) is 5.88 Å². The van der Waals surface area contributed by atoms with Crippen LogP contribution in [0.3, 0.4) is 0 Å². The lowest BCUT2D eigenvalue weighted by molar-refractivity contribution is 0.107. The minimum absolute atomic E-state index is 0.00360. The molecule has 0 radical (unpaired) electrons. The molecule has 0 bridgehead atoms. The van der Waals surface area contributed by atoms with Crippen LogP contribution in [-0.2, 0) is 6.42 Å². The maximum Gasteiger partial charge on any atom is 0.317 e. The van der Waals surface area contributed by atoms with Gasteiger partial charge in [0.05, 0.1) is 6.20 Å². The van der Waals surface area contributed by atoms with Crippen LogP contribution in [0, 0.1) is 0 Å². The number of likely N-dealkylation sites (tertiary alicyclic amines) is 1. The molecule has 1 aromatic heterocycles. The fourth-order valence-electron chi connectivity index (χ4n) is 2.76. The van der Waals surface area contributed by atoms with E-state index in [1.54, 1.807) is 18.6 Å². The summed E-state index contributed by atoms with van der Waals surface area (Å²) in [6, 6.07) is 10.2. The number of aromatic nitrogens is 2. The highest BCUT2D eigenvalue weighted by atomic mass is 16.5. The van der Waals surface area contributed by atoms with Crippen LogP contribution in [-0.4, -0.2) is 46.6 Å². The predicted octanol–water partition coefficient (Wildman–Crippen LogP) is 2.27. The van der Waals surface area contributed by atoms with E-state index in [4.69, 9.17) is 4.74 Å². The Balaban J connectivity index is 1.37. The second-order valence-corrected chi connectivity index (χ2v) is 5.82. The first kappa shape index (κ1) is 16.2. The molecular weight excluding hydrogens is 304 g/mol. The topological polar surface area (TPSA) is 67.4 Å². The summed E-state index contributed by atoms with van der Waals surface area (Å²) in [6.07, 6.45) is 7.40. The second kappa shape index (κ2) is 8.29. The van der Waals surface area contributed by atoms with E-state index in [0.717, 1.165) is 19.3 Å². The zero-order valence-electron chi connectivity index (χ0n) is 13.6. The molecule has 1 saturated heterocycles. The van der Waals surface area contributed by atoms with Gasteiger partial charge in [0, 0.05) is 44.9 Å². The van der Waals surface area contributed by atoms with Gasteiger partial charge in [-0.15, -0.1) is 0 Å². The van der Waals surface area contributed by atoms with Crippen molar-refractivity contribution >= 4 is 6.03 Å². The Morgan fingerprint density at radius 3 is 2.71 bits per heavy atom. The number of carbonyl (C=O) groups excluding carboxylic acids is 1. The third-order valence-corrected chi connectivity index (χ3v) is 4.09. The standard InChI is InChI=1S/C18H22N4O2/c23-18(21-9-6-15-4-2-1-3-5-15)22-12-7-16(8-13-22)24-17-14-19-10-11-20-17/h1-5,10-11,14,16H,6-9,12-13H2,(H,21,23). The highest BCUT2D eigenvalue weighted by Crippen LogP contribution is 2.16. The van der Waals surface area contributed by atoms with Crippen LogP contribution >= 0.6 is 0 Å². The van der Waals surface area contributed by atoms with Gasteiger partial charge in [-0.1, -0.05) is 30.3 Å². The van der Waals surface area contributed by atoms with Gasteiger partial charge >= 0.3 is 6.03 Å². The molecule has 6 heteroatoms. The molecular formula is C18H22N4O2. The summed E-state index contributed by atoms with van der Waals surface area (Å²) in [5, 5.41) is 2.99. The van der Waals surface area contributed by atoms with Crippen molar-refractivity contribution in [1.82, 2.24) is 20.2 Å². The summed E-state index contributed by atoms with van der Waals surface area (Å²) >= 11 is 0. The van der Waals surface area contributed by atoms with Gasteiger partial charge < -0.3 is 15.0 Å². The monoisotopic (exact) mass is 326 g/mol. The molecule has 1 N–H and O–H groups in total. The third kappa shape index (κ3) is 4.68. The minimum atomic E-state index is 0.00360. The van der Waals surface area contributed by atoms with Crippen molar-refractivity contribution in [3.05, 3.63) is 54.5 Å². The Morgan fingerprint density at radius 1 is 1.21 bits per heavy atom. The Labute approximate surface area is 141 Å². The molecule has 2 aromatic rings. The fourth-order valence-corrected chi connectivity index (χ4v) is 2.76. The van der Waals surface area contributed by atoms with E-state index in [9.17, 15) is 4.79 Å². The molecule has 1 fully saturated rings. The number of nitrogens with zero attached hydrogens (tertiary/aromatic N) is 3. The molecule has 126 valence electrons. The number of ether oxygens (including phenoxy) is 1. The minimum Gasteiger partial charge on any atom is -0.473 e. The van der Waals surface area contributed by atoms with Gasteiger partial charge in [-0.2, -0.15) is 0 Å². The molecule has 0 aliphatic carbocycles. The number of nitrogens with one attached hydrogen (secondary N) is 1. The number of hydrogen-bond acceptors (Lipinski definition) is 4. The van der Waals surface area contributed by atoms with E-state index in [-0.39, 0.29) is 12.1 Å². The molecule has 0 unspecified atom stereocenters. The summed E-state index contributed by atoms with van der Waals surface area (Å²) in [6.45, 7) is 2.04. The van der Waals surface area contributed by atoms with Gasteiger partial charge in [0.25, 0.3) is 0 Å². The zero-order valence-corrected chi connectivity index (χ0v) is 13.6. The van der Waals surface area contributed by atoms with Crippen LogP contribution in [0.2, 0.25) is 0 Å². The van der Waals surface area contributed by atoms with E-state index in [0.29, 0.717) is 25.5 Å². The van der Waals surface area contributed by atoms with E-state index >= 15 is 0 Å². The van der Waals surface area contributed by atoms with Crippen molar-refractivity contribution in [2.45, 2.75) is 25.4 Å². The Bertz CT molecular complexity index is 628. The van der Waals surface area contributed by atoms with Crippen molar-refractivity contribution in [2.75, 3.05) is 19.6 Å². The zero-order chi connectivity index (χ0) is 16.6. The molecule has 1 aromatic carbocycles. The van der Waals surface area contributed by atoms with Gasteiger partial charge in [0.15, 0.2) is 0 Å². The summed E-state index contributed by atoms with van der Waals surface area (Å²) in [4.78, 5) is 22.2. The van der Waals surface area contributed by atoms with Crippen molar-refractivity contribution in [1.29, 1.82) is 0 Å². The highest BCUT2D eigenvalue weighted by Gasteiger charge is 2.23. The lowest BCUT2D eigenvalue weighted by Crippen LogP contribution is -2.46. The smallest absolute Gasteiger partial charge is 0.317 e. The first-order chi connectivity index (χ1) is 11.8. The van der Waals surface area contributed by atoms with E-state index in [1.807, 2.05) is 23.1 Å². The Kier molecular flexibility index (Phi) is 5.61. The van der Waals surface area contributed by atoms with Crippen LogP contribution in [0.15, 0.2) is 48.9 Å². The van der Waals surface area contributed by atoms with Gasteiger partial charge in [-0.05, 0) is 12.0 Å². The molecule has 6 nitrogen and oxygen atoms in total. The van der Waals surface area contributed by atoms with Crippen molar-refractivity contribution < 1.29 is 9.53 Å². The maximum absolute atomic E-state index is 12.2. The summed E-state index contributed by atoms with van der Waals surface area (Å²) in [5.41, 5.74) is 1.23. The van der Waals surface area contributed by atoms with Crippen LogP contribution in [0.5, 0.6) is 5.88 Å². The largest absolute Gasteiger partial charge is 0.473 e. The lowest BCUT2D eigenvalue weighted by atomic mass is 10.1. The van der Waals surface area contributed by atoms with Gasteiger partial charge in [0.1, 0.15) is 6.10 Å². The van der Waals surface area contributed by atoms with Gasteiger partial charge in [-0.3, -0.25) is 4.98 Å². The maximum atomic E-state index is 12.2. The normalized spacial score (nSPS) is 15.1. The average Bonchev–Trinajstić information content (AvgIpc) is 2.64. The Hall–Kier alpha value is -2.63. The van der Waals surface area contributed by atoms with Crippen molar-refractivity contribution in [2.24, 2.45) is 0 Å². The summed E-state index contributed by atoms with van der Waals surface area (Å²) in [5.74, 6) is 0.545. The van der Waals surface area contributed by atoms with Crippen LogP contribution in [0.4, 0.5) is 4.79 Å². The van der Waals surface area contributed by atoms with Crippen molar-refractivity contribution in [3.63, 3.8) is 0 Å². The quantitative estimate of drug-likeness (QED) is 0.915. The number of hydrogen-bond donors (Lipinski definition) is 1. The molecule has 0 saturated carbocycles. The SMILES string of the molecule is O=C(NCCc1ccccc1)N1CCC(Oc2cnccn2)CC1. The number of rotatable bonds is 5. The van der Waals surface area contributed by atoms with Gasteiger partial charge in [0.2, 0.25) is 5.88 Å². The first-order valence-corrected chi connectivity index (χ1v) is 8.30. The first-order valence-electron chi connectivity index (χ1n) is 8.30. The second-order valence-electron chi connectivity index (χ2n) is 5.82. The molecule has 1 aliphatic rings. The van der Waals surface area contributed by atoms with Crippen LogP contribution in [0.1, 0.15) is 18.4 Å². The van der Waals surface area contributed by atoms with E-state index < -0.39 is 0 Å². The third-order valence-electron chi connectivity index (χ3n) is 4.09. The molecule has 0 atom stereocenters. The number of carbonyl (C=O) groups is 1. The molecule has 2 amide bonds. The number of benzene rings is 1. The lowest BCUT2D eigenvalue weighted by Gasteiger charge is -2.31. The van der Waals surface area contributed by atoms with E-state index in [1.165, 1.54) is 5.56 Å². The summed E-state index contributed by atoms with van der Waals surface area (Å²) in [7, 11) is 0. The molecule has 24 heavy (non-hydrogen) atoms. The van der Waals surface area contributed by atoms with Gasteiger partial charge in [-0.25, -0.2) is 9.78 Å². The molecule has 2 heterocycles. The van der Waals surface area contributed by atoms with Crippen LogP contribution < -0.4 is 10.1 Å². The fraction of sp³-hybridized carbons (Fsp3) is 0.389. The summed E-state index contributed by atoms with van der Waals surface area (Å²) < 4.78 is 5.79. The van der Waals surface area contributed by atoms with Crippen LogP contribution in [0.25, 0.3) is 0 Å². The average molecular weight is 326 g/mol. The number of piperidine rings is 1.